The van der Waals surface area contributed by atoms with E-state index < -0.39 is 20.7 Å². The Balaban J connectivity index is 2.46. The van der Waals surface area contributed by atoms with Gasteiger partial charge in [-0.1, -0.05) is 29.3 Å². The van der Waals surface area contributed by atoms with Gasteiger partial charge in [-0.25, -0.2) is 8.42 Å². The molecule has 6 nitrogen and oxygen atoms in total. The summed E-state index contributed by atoms with van der Waals surface area (Å²) in [7, 11) is -4.11. The van der Waals surface area contributed by atoms with Crippen molar-refractivity contribution in [2.75, 3.05) is 6.54 Å². The van der Waals surface area contributed by atoms with Crippen LogP contribution in [0.25, 0.3) is 0 Å². The first kappa shape index (κ1) is 18.5. The first-order chi connectivity index (χ1) is 11.4. The Bertz CT molecular complexity index is 868. The van der Waals surface area contributed by atoms with Gasteiger partial charge in [0.15, 0.2) is 5.75 Å². The Morgan fingerprint density at radius 3 is 2.71 bits per heavy atom. The minimum Gasteiger partial charge on any atom is -0.505 e. The number of hydrogen-bond acceptors (Lipinski definition) is 5. The Hall–Kier alpha value is -1.85. The Labute approximate surface area is 149 Å². The molecule has 0 aliphatic rings. The van der Waals surface area contributed by atoms with Crippen LogP contribution in [-0.2, 0) is 16.6 Å². The fraction of sp³-hybridized carbons (Fsp3) is 0.200. The average Bonchev–Trinajstić information content (AvgIpc) is 2.55. The Kier molecular flexibility index (Phi) is 6.02. The van der Waals surface area contributed by atoms with E-state index in [1.54, 1.807) is 18.3 Å². The standard InChI is InChI=1S/C15H13Cl2N3O3S/c16-12-7-13(17)15(21)14(8-12)24(22,23)20(6-2-4-18)10-11-3-1-5-19-9-11/h1,3,5,7-9,21H,2,6,10H2. The van der Waals surface area contributed by atoms with Gasteiger partial charge in [0, 0.05) is 36.9 Å². The first-order valence-corrected chi connectivity index (χ1v) is 9.00. The van der Waals surface area contributed by atoms with Gasteiger partial charge >= 0.3 is 0 Å². The Morgan fingerprint density at radius 2 is 2.08 bits per heavy atom. The van der Waals surface area contributed by atoms with Gasteiger partial charge < -0.3 is 5.11 Å². The molecule has 0 unspecified atom stereocenters. The van der Waals surface area contributed by atoms with Gasteiger partial charge in [0.05, 0.1) is 11.1 Å². The quantitative estimate of drug-likeness (QED) is 0.823. The van der Waals surface area contributed by atoms with Crippen molar-refractivity contribution in [3.8, 4) is 11.8 Å². The smallest absolute Gasteiger partial charge is 0.247 e. The van der Waals surface area contributed by atoms with Gasteiger partial charge in [0.25, 0.3) is 0 Å². The molecule has 0 saturated heterocycles. The number of sulfonamides is 1. The van der Waals surface area contributed by atoms with Crippen LogP contribution in [0, 0.1) is 11.3 Å². The maximum atomic E-state index is 12.9. The Morgan fingerprint density at radius 1 is 1.33 bits per heavy atom. The molecule has 0 atom stereocenters. The molecule has 0 amide bonds. The molecule has 2 rings (SSSR count). The van der Waals surface area contributed by atoms with Gasteiger partial charge in [-0.15, -0.1) is 0 Å². The van der Waals surface area contributed by atoms with Gasteiger partial charge in [-0.05, 0) is 23.8 Å². The van der Waals surface area contributed by atoms with E-state index in [9.17, 15) is 13.5 Å². The second kappa shape index (κ2) is 7.81. The summed E-state index contributed by atoms with van der Waals surface area (Å²) in [5.41, 5.74) is 0.645. The average molecular weight is 386 g/mol. The molecule has 0 aliphatic heterocycles. The van der Waals surface area contributed by atoms with Crippen LogP contribution in [-0.4, -0.2) is 29.4 Å². The molecule has 0 aliphatic carbocycles. The van der Waals surface area contributed by atoms with Gasteiger partial charge in [0.1, 0.15) is 4.90 Å². The van der Waals surface area contributed by atoms with Crippen LogP contribution in [0.4, 0.5) is 0 Å². The van der Waals surface area contributed by atoms with E-state index in [-0.39, 0.29) is 29.6 Å². The van der Waals surface area contributed by atoms with Crippen LogP contribution in [0.5, 0.6) is 5.75 Å². The highest BCUT2D eigenvalue weighted by molar-refractivity contribution is 7.89. The predicted octanol–water partition coefficient (Wildman–Crippen LogP) is 3.20. The third-order valence-corrected chi connectivity index (χ3v) is 5.53. The fourth-order valence-corrected chi connectivity index (χ4v) is 4.21. The zero-order chi connectivity index (χ0) is 17.7. The van der Waals surface area contributed by atoms with E-state index in [2.05, 4.69) is 4.98 Å². The number of rotatable bonds is 6. The van der Waals surface area contributed by atoms with E-state index in [4.69, 9.17) is 28.5 Å². The largest absolute Gasteiger partial charge is 0.505 e. The number of phenolic OH excluding ortho intramolecular Hbond substituents is 1. The zero-order valence-electron chi connectivity index (χ0n) is 12.4. The van der Waals surface area contributed by atoms with Crippen molar-refractivity contribution in [1.29, 1.82) is 5.26 Å². The van der Waals surface area contributed by atoms with Crippen molar-refractivity contribution in [3.05, 3.63) is 52.3 Å². The lowest BCUT2D eigenvalue weighted by atomic mass is 10.3. The molecule has 1 N–H and O–H groups in total. The SMILES string of the molecule is N#CCCN(Cc1cccnc1)S(=O)(=O)c1cc(Cl)cc(Cl)c1O. The predicted molar refractivity (Wildman–Crippen MR) is 90.2 cm³/mol. The van der Waals surface area contributed by atoms with Gasteiger partial charge in [-0.2, -0.15) is 9.57 Å². The van der Waals surface area contributed by atoms with E-state index in [1.165, 1.54) is 12.3 Å². The van der Waals surface area contributed by atoms with Crippen molar-refractivity contribution in [2.24, 2.45) is 0 Å². The van der Waals surface area contributed by atoms with Crippen LogP contribution < -0.4 is 0 Å². The van der Waals surface area contributed by atoms with Gasteiger partial charge in [-0.3, -0.25) is 4.98 Å². The van der Waals surface area contributed by atoms with Crippen molar-refractivity contribution in [3.63, 3.8) is 0 Å². The topological polar surface area (TPSA) is 94.3 Å². The summed E-state index contributed by atoms with van der Waals surface area (Å²) in [6.07, 6.45) is 3.09. The highest BCUT2D eigenvalue weighted by Crippen LogP contribution is 2.36. The maximum Gasteiger partial charge on any atom is 0.247 e. The van der Waals surface area contributed by atoms with E-state index in [0.29, 0.717) is 5.56 Å². The van der Waals surface area contributed by atoms with Crippen LogP contribution in [0.15, 0.2) is 41.6 Å². The number of benzene rings is 1. The summed E-state index contributed by atoms with van der Waals surface area (Å²) in [5.74, 6) is -0.575. The molecule has 0 radical (unpaired) electrons. The summed E-state index contributed by atoms with van der Waals surface area (Å²) < 4.78 is 26.9. The molecule has 9 heteroatoms. The van der Waals surface area contributed by atoms with Crippen LogP contribution >= 0.6 is 23.2 Å². The summed E-state index contributed by atoms with van der Waals surface area (Å²) in [5, 5.41) is 18.7. The molecule has 2 aromatic rings. The second-order valence-corrected chi connectivity index (χ2v) is 7.59. The van der Waals surface area contributed by atoms with Crippen molar-refractivity contribution in [2.45, 2.75) is 17.9 Å². The number of nitrogens with zero attached hydrogens (tertiary/aromatic N) is 3. The fourth-order valence-electron chi connectivity index (χ4n) is 2.03. The number of halogens is 2. The van der Waals surface area contributed by atoms with Gasteiger partial charge in [0.2, 0.25) is 10.0 Å². The number of aromatic nitrogens is 1. The molecule has 126 valence electrons. The number of pyridine rings is 1. The van der Waals surface area contributed by atoms with Crippen LogP contribution in [0.3, 0.4) is 0 Å². The number of hydrogen-bond donors (Lipinski definition) is 1. The lowest BCUT2D eigenvalue weighted by Gasteiger charge is -2.22. The van der Waals surface area contributed by atoms with Crippen LogP contribution in [0.2, 0.25) is 10.0 Å². The number of phenols is 1. The summed E-state index contributed by atoms with van der Waals surface area (Å²) in [6, 6.07) is 7.68. The third kappa shape index (κ3) is 4.16. The molecule has 1 heterocycles. The minimum absolute atomic E-state index is 0.00141. The number of nitriles is 1. The molecule has 0 fully saturated rings. The molecule has 0 saturated carbocycles. The molecular formula is C15H13Cl2N3O3S. The monoisotopic (exact) mass is 385 g/mol. The highest BCUT2D eigenvalue weighted by atomic mass is 35.5. The lowest BCUT2D eigenvalue weighted by Crippen LogP contribution is -2.31. The summed E-state index contributed by atoms with van der Waals surface area (Å²) in [6.45, 7) is -0.0429. The lowest BCUT2D eigenvalue weighted by molar-refractivity contribution is 0.405. The molecular weight excluding hydrogens is 373 g/mol. The van der Waals surface area contributed by atoms with Crippen molar-refractivity contribution in [1.82, 2.24) is 9.29 Å². The van der Waals surface area contributed by atoms with E-state index in [0.717, 1.165) is 10.4 Å². The van der Waals surface area contributed by atoms with Crippen molar-refractivity contribution >= 4 is 33.2 Å². The molecule has 1 aromatic carbocycles. The third-order valence-electron chi connectivity index (χ3n) is 3.17. The molecule has 24 heavy (non-hydrogen) atoms. The van der Waals surface area contributed by atoms with Crippen molar-refractivity contribution < 1.29 is 13.5 Å². The highest BCUT2D eigenvalue weighted by Gasteiger charge is 2.29. The second-order valence-electron chi connectivity index (χ2n) is 4.84. The number of aromatic hydroxyl groups is 1. The molecule has 0 spiro atoms. The summed E-state index contributed by atoms with van der Waals surface area (Å²) in [4.78, 5) is 3.54. The minimum atomic E-state index is -4.11. The maximum absolute atomic E-state index is 12.9. The van der Waals surface area contributed by atoms with E-state index in [1.807, 2.05) is 6.07 Å². The summed E-state index contributed by atoms with van der Waals surface area (Å²) >= 11 is 11.7. The normalized spacial score (nSPS) is 11.4. The molecule has 1 aromatic heterocycles. The van der Waals surface area contributed by atoms with E-state index >= 15 is 0 Å². The molecule has 0 bridgehead atoms. The zero-order valence-corrected chi connectivity index (χ0v) is 14.7. The first-order valence-electron chi connectivity index (χ1n) is 6.80. The van der Waals surface area contributed by atoms with Crippen LogP contribution in [0.1, 0.15) is 12.0 Å².